The zero-order valence-electron chi connectivity index (χ0n) is 9.83. The van der Waals surface area contributed by atoms with Gasteiger partial charge in [-0.1, -0.05) is 18.2 Å². The Kier molecular flexibility index (Phi) is 2.21. The van der Waals surface area contributed by atoms with Gasteiger partial charge >= 0.3 is 0 Å². The van der Waals surface area contributed by atoms with Crippen LogP contribution in [0.2, 0.25) is 0 Å². The quantitative estimate of drug-likeness (QED) is 0.789. The summed E-state index contributed by atoms with van der Waals surface area (Å²) < 4.78 is 5.65. The molecule has 4 rings (SSSR count). The molecule has 0 saturated carbocycles. The van der Waals surface area contributed by atoms with Gasteiger partial charge in [-0.05, 0) is 18.6 Å². The number of hydrogen-bond donors (Lipinski definition) is 0. The van der Waals surface area contributed by atoms with Crippen molar-refractivity contribution in [1.29, 1.82) is 0 Å². The number of rotatable bonds is 1. The Hall–Kier alpha value is -1.42. The molecular formula is C14H13NO2S. The van der Waals surface area contributed by atoms with Crippen molar-refractivity contribution in [2.24, 2.45) is 0 Å². The van der Waals surface area contributed by atoms with Crippen LogP contribution in [0.25, 0.3) is 11.0 Å². The van der Waals surface area contributed by atoms with Crippen LogP contribution in [0.15, 0.2) is 34.7 Å². The summed E-state index contributed by atoms with van der Waals surface area (Å²) in [6.07, 6.45) is 1.15. The molecule has 2 fully saturated rings. The highest BCUT2D eigenvalue weighted by molar-refractivity contribution is 8.00. The first kappa shape index (κ1) is 10.5. The maximum atomic E-state index is 12.4. The zero-order valence-corrected chi connectivity index (χ0v) is 10.7. The summed E-state index contributed by atoms with van der Waals surface area (Å²) in [5.41, 5.74) is 0.791. The first-order chi connectivity index (χ1) is 8.81. The van der Waals surface area contributed by atoms with Crippen LogP contribution in [0.3, 0.4) is 0 Å². The van der Waals surface area contributed by atoms with Crippen LogP contribution in [0.4, 0.5) is 0 Å². The molecule has 0 spiro atoms. The summed E-state index contributed by atoms with van der Waals surface area (Å²) in [5.74, 6) is 1.61. The number of fused-ring (bicyclic) bond motifs is 3. The lowest BCUT2D eigenvalue weighted by Gasteiger charge is -2.25. The van der Waals surface area contributed by atoms with Gasteiger partial charge in [0.05, 0.1) is 0 Å². The summed E-state index contributed by atoms with van der Waals surface area (Å²) in [4.78, 5) is 14.4. The van der Waals surface area contributed by atoms with E-state index in [1.165, 1.54) is 0 Å². The van der Waals surface area contributed by atoms with Crippen molar-refractivity contribution < 1.29 is 9.21 Å². The minimum atomic E-state index is 0.0546. The summed E-state index contributed by atoms with van der Waals surface area (Å²) in [6, 6.07) is 10.0. The Labute approximate surface area is 109 Å². The number of furan rings is 1. The maximum Gasteiger partial charge on any atom is 0.289 e. The Balaban J connectivity index is 1.68. The minimum absolute atomic E-state index is 0.0546. The molecule has 1 aromatic heterocycles. The highest BCUT2D eigenvalue weighted by Gasteiger charge is 2.41. The molecule has 92 valence electrons. The number of likely N-dealkylation sites (tertiary alicyclic amines) is 1. The fourth-order valence-corrected chi connectivity index (χ4v) is 4.31. The van der Waals surface area contributed by atoms with Crippen molar-refractivity contribution in [3.8, 4) is 0 Å². The largest absolute Gasteiger partial charge is 0.451 e. The van der Waals surface area contributed by atoms with Gasteiger partial charge in [0.2, 0.25) is 0 Å². The lowest BCUT2D eigenvalue weighted by atomic mass is 10.2. The lowest BCUT2D eigenvalue weighted by Crippen LogP contribution is -2.38. The molecule has 18 heavy (non-hydrogen) atoms. The van der Waals surface area contributed by atoms with Crippen LogP contribution in [-0.2, 0) is 0 Å². The van der Waals surface area contributed by atoms with E-state index in [0.29, 0.717) is 17.1 Å². The van der Waals surface area contributed by atoms with Crippen LogP contribution >= 0.6 is 11.8 Å². The van der Waals surface area contributed by atoms with E-state index in [4.69, 9.17) is 4.42 Å². The third-order valence-electron chi connectivity index (χ3n) is 3.80. The van der Waals surface area contributed by atoms with Crippen LogP contribution in [0.1, 0.15) is 17.0 Å². The van der Waals surface area contributed by atoms with Gasteiger partial charge in [-0.25, -0.2) is 0 Å². The first-order valence-electron chi connectivity index (χ1n) is 6.22. The van der Waals surface area contributed by atoms with E-state index in [1.54, 1.807) is 0 Å². The number of hydrogen-bond acceptors (Lipinski definition) is 3. The molecule has 3 nitrogen and oxygen atoms in total. The van der Waals surface area contributed by atoms with Gasteiger partial charge in [-0.15, -0.1) is 0 Å². The number of para-hydroxylation sites is 1. The SMILES string of the molecule is O=C(c1cc2ccccc2o1)N1CC2CC1CS2. The average molecular weight is 259 g/mol. The van der Waals surface area contributed by atoms with Crippen LogP contribution in [0.5, 0.6) is 0 Å². The first-order valence-corrected chi connectivity index (χ1v) is 7.27. The molecule has 2 atom stereocenters. The Morgan fingerprint density at radius 1 is 1.39 bits per heavy atom. The molecule has 2 aromatic rings. The molecule has 2 unspecified atom stereocenters. The minimum Gasteiger partial charge on any atom is -0.451 e. The highest BCUT2D eigenvalue weighted by Crippen LogP contribution is 2.38. The number of carbonyl (C=O) groups excluding carboxylic acids is 1. The highest BCUT2D eigenvalue weighted by atomic mass is 32.2. The molecular weight excluding hydrogens is 246 g/mol. The molecule has 2 aliphatic heterocycles. The number of nitrogens with zero attached hydrogens (tertiary/aromatic N) is 1. The monoisotopic (exact) mass is 259 g/mol. The fourth-order valence-electron chi connectivity index (χ4n) is 2.88. The molecule has 0 radical (unpaired) electrons. The lowest BCUT2D eigenvalue weighted by molar-refractivity contribution is 0.0718. The van der Waals surface area contributed by atoms with E-state index in [2.05, 4.69) is 0 Å². The van der Waals surface area contributed by atoms with Gasteiger partial charge in [0, 0.05) is 29.0 Å². The van der Waals surface area contributed by atoms with E-state index < -0.39 is 0 Å². The molecule has 3 heterocycles. The molecule has 1 amide bonds. The van der Waals surface area contributed by atoms with Gasteiger partial charge in [-0.2, -0.15) is 11.8 Å². The van der Waals surface area contributed by atoms with E-state index in [1.807, 2.05) is 47.0 Å². The van der Waals surface area contributed by atoms with Crippen molar-refractivity contribution in [3.63, 3.8) is 0 Å². The zero-order chi connectivity index (χ0) is 12.1. The summed E-state index contributed by atoms with van der Waals surface area (Å²) in [7, 11) is 0. The summed E-state index contributed by atoms with van der Waals surface area (Å²) in [5, 5.41) is 1.64. The predicted octanol–water partition coefficient (Wildman–Crippen LogP) is 2.76. The van der Waals surface area contributed by atoms with Crippen molar-refractivity contribution in [3.05, 3.63) is 36.1 Å². The molecule has 4 heteroatoms. The second-order valence-electron chi connectivity index (χ2n) is 4.95. The number of amides is 1. The number of carbonyl (C=O) groups is 1. The molecule has 2 aliphatic rings. The van der Waals surface area contributed by atoms with Crippen molar-refractivity contribution >= 4 is 28.6 Å². The third-order valence-corrected chi connectivity index (χ3v) is 5.19. The van der Waals surface area contributed by atoms with Crippen LogP contribution < -0.4 is 0 Å². The molecule has 1 aromatic carbocycles. The second kappa shape index (κ2) is 3.79. The van der Waals surface area contributed by atoms with Gasteiger partial charge in [-0.3, -0.25) is 4.79 Å². The fraction of sp³-hybridized carbons (Fsp3) is 0.357. The average Bonchev–Trinajstić information content (AvgIpc) is 3.11. The third kappa shape index (κ3) is 1.48. The van der Waals surface area contributed by atoms with E-state index in [-0.39, 0.29) is 5.91 Å². The van der Waals surface area contributed by atoms with Crippen molar-refractivity contribution in [2.75, 3.05) is 12.3 Å². The van der Waals surface area contributed by atoms with Gasteiger partial charge in [0.15, 0.2) is 5.76 Å². The van der Waals surface area contributed by atoms with Gasteiger partial charge in [0.1, 0.15) is 5.58 Å². The van der Waals surface area contributed by atoms with Crippen molar-refractivity contribution in [1.82, 2.24) is 4.90 Å². The van der Waals surface area contributed by atoms with Crippen molar-refractivity contribution in [2.45, 2.75) is 17.7 Å². The number of thioether (sulfide) groups is 1. The Morgan fingerprint density at radius 2 is 2.28 bits per heavy atom. The van der Waals surface area contributed by atoms with Crippen LogP contribution in [-0.4, -0.2) is 34.4 Å². The predicted molar refractivity (Wildman–Crippen MR) is 71.9 cm³/mol. The maximum absolute atomic E-state index is 12.4. The smallest absolute Gasteiger partial charge is 0.289 e. The number of benzene rings is 1. The molecule has 0 aliphatic carbocycles. The van der Waals surface area contributed by atoms with Gasteiger partial charge in [0.25, 0.3) is 5.91 Å². The van der Waals surface area contributed by atoms with Gasteiger partial charge < -0.3 is 9.32 Å². The van der Waals surface area contributed by atoms with E-state index in [9.17, 15) is 4.79 Å². The molecule has 0 N–H and O–H groups in total. The molecule has 2 bridgehead atoms. The summed E-state index contributed by atoms with van der Waals surface area (Å²) >= 11 is 1.99. The standard InChI is InChI=1S/C14H13NO2S/c16-14(15-7-11-6-10(15)8-18-11)13-5-9-3-1-2-4-12(9)17-13/h1-5,10-11H,6-8H2. The molecule has 2 saturated heterocycles. The summed E-state index contributed by atoms with van der Waals surface area (Å²) in [6.45, 7) is 0.880. The van der Waals surface area contributed by atoms with E-state index in [0.717, 1.165) is 29.7 Å². The van der Waals surface area contributed by atoms with Crippen LogP contribution in [0, 0.1) is 0 Å². The Morgan fingerprint density at radius 3 is 3.00 bits per heavy atom. The van der Waals surface area contributed by atoms with E-state index >= 15 is 0 Å². The Bertz CT molecular complexity index is 588. The normalized spacial score (nSPS) is 26.1. The topological polar surface area (TPSA) is 33.5 Å². The second-order valence-corrected chi connectivity index (χ2v) is 6.28.